The van der Waals surface area contributed by atoms with E-state index in [-0.39, 0.29) is 0 Å². The van der Waals surface area contributed by atoms with Gasteiger partial charge in [0, 0.05) is 0 Å². The highest BCUT2D eigenvalue weighted by Crippen LogP contribution is 2.95. The van der Waals surface area contributed by atoms with Crippen molar-refractivity contribution in [1.29, 1.82) is 0 Å². The van der Waals surface area contributed by atoms with Crippen LogP contribution >= 0.6 is 8.29 Å². The minimum atomic E-state index is -2.79. The lowest BCUT2D eigenvalue weighted by molar-refractivity contribution is 1.33. The van der Waals surface area contributed by atoms with Gasteiger partial charge in [0.1, 0.15) is 0 Å². The highest BCUT2D eigenvalue weighted by molar-refractivity contribution is 8.70. The molecule has 0 amide bonds. The summed E-state index contributed by atoms with van der Waals surface area (Å²) in [6.45, 7) is 14.7. The Morgan fingerprint density at radius 3 is 2.00 bits per heavy atom. The second-order valence-corrected chi connectivity index (χ2v) is 13.6. The van der Waals surface area contributed by atoms with Crippen molar-refractivity contribution >= 4 is 8.29 Å². The van der Waals surface area contributed by atoms with Gasteiger partial charge in [-0.1, -0.05) is 59.9 Å². The Kier molecular flexibility index (Phi) is 3.21. The average molecular weight is 262 g/mol. The standard InChI is InChI=1S/C17H26S/c1-8-14-18(6,7,9-2,15(3)4)17-12-10-16(5)11-13-17/h8-14H,2-3H2,1,4-7H3/b14-8+. The van der Waals surface area contributed by atoms with E-state index in [1.165, 1.54) is 15.4 Å². The van der Waals surface area contributed by atoms with E-state index in [1.807, 2.05) is 0 Å². The summed E-state index contributed by atoms with van der Waals surface area (Å²) in [7, 11) is -2.79. The molecule has 0 aliphatic carbocycles. The molecule has 0 saturated carbocycles. The molecule has 0 N–H and O–H groups in total. The highest BCUT2D eigenvalue weighted by Gasteiger charge is 2.49. The number of hydrogen-bond acceptors (Lipinski definition) is 0. The van der Waals surface area contributed by atoms with E-state index in [0.717, 1.165) is 0 Å². The van der Waals surface area contributed by atoms with Crippen molar-refractivity contribution in [2.24, 2.45) is 0 Å². The van der Waals surface area contributed by atoms with Crippen LogP contribution in [0.4, 0.5) is 0 Å². The first-order valence-corrected chi connectivity index (χ1v) is 9.58. The van der Waals surface area contributed by atoms with Gasteiger partial charge in [0.15, 0.2) is 0 Å². The van der Waals surface area contributed by atoms with Crippen molar-refractivity contribution in [3.05, 3.63) is 64.8 Å². The van der Waals surface area contributed by atoms with Gasteiger partial charge in [0.2, 0.25) is 0 Å². The van der Waals surface area contributed by atoms with Crippen LogP contribution in [0, 0.1) is 6.92 Å². The maximum atomic E-state index is 4.29. The molecule has 0 unspecified atom stereocenters. The Balaban J connectivity index is 3.84. The van der Waals surface area contributed by atoms with Gasteiger partial charge in [-0.25, -0.2) is 8.29 Å². The SMILES string of the molecule is C=CS(C)(C)(/C=C/C)(C(=C)C)c1ccc(C)cc1. The summed E-state index contributed by atoms with van der Waals surface area (Å²) in [5, 5.41) is 4.42. The largest absolute Gasteiger partial charge is 0.212 e. The van der Waals surface area contributed by atoms with Crippen LogP contribution in [0.5, 0.6) is 0 Å². The van der Waals surface area contributed by atoms with Crippen LogP contribution in [-0.4, -0.2) is 12.5 Å². The highest BCUT2D eigenvalue weighted by atomic mass is 32.4. The van der Waals surface area contributed by atoms with Crippen LogP contribution < -0.4 is 0 Å². The maximum absolute atomic E-state index is 4.29. The van der Waals surface area contributed by atoms with E-state index in [0.29, 0.717) is 0 Å². The molecule has 1 rings (SSSR count). The van der Waals surface area contributed by atoms with E-state index < -0.39 is 8.29 Å². The fraction of sp³-hybridized carbons (Fsp3) is 0.294. The molecule has 0 spiro atoms. The number of benzene rings is 1. The van der Waals surface area contributed by atoms with Crippen LogP contribution in [0.15, 0.2) is 64.1 Å². The third kappa shape index (κ3) is 1.78. The van der Waals surface area contributed by atoms with Gasteiger partial charge in [0.25, 0.3) is 0 Å². The van der Waals surface area contributed by atoms with Gasteiger partial charge in [-0.15, -0.1) is 0 Å². The molecule has 1 heteroatoms. The Labute approximate surface area is 111 Å². The molecule has 0 heterocycles. The zero-order chi connectivity index (χ0) is 14.1. The van der Waals surface area contributed by atoms with Crippen molar-refractivity contribution in [2.45, 2.75) is 25.7 Å². The van der Waals surface area contributed by atoms with Crippen LogP contribution in [0.1, 0.15) is 19.4 Å². The first-order chi connectivity index (χ1) is 8.14. The Morgan fingerprint density at radius 1 is 1.17 bits per heavy atom. The molecule has 100 valence electrons. The van der Waals surface area contributed by atoms with E-state index in [1.54, 1.807) is 0 Å². The summed E-state index contributed by atoms with van der Waals surface area (Å²) in [5.41, 5.74) is 1.27. The normalized spacial score (nSPS) is 16.1. The molecular weight excluding hydrogens is 236 g/mol. The summed E-state index contributed by atoms with van der Waals surface area (Å²) in [6.07, 6.45) is 6.73. The zero-order valence-corrected chi connectivity index (χ0v) is 13.2. The molecule has 0 aliphatic heterocycles. The lowest BCUT2D eigenvalue weighted by Gasteiger charge is -2.71. The molecule has 1 aromatic carbocycles. The third-order valence-corrected chi connectivity index (χ3v) is 11.4. The number of allylic oxidation sites excluding steroid dienone is 2. The molecule has 0 saturated heterocycles. The van der Waals surface area contributed by atoms with Crippen molar-refractivity contribution in [1.82, 2.24) is 0 Å². The first-order valence-electron chi connectivity index (χ1n) is 6.19. The number of rotatable bonds is 4. The third-order valence-electron chi connectivity index (χ3n) is 4.38. The van der Waals surface area contributed by atoms with E-state index in [4.69, 9.17) is 0 Å². The molecule has 0 fully saturated rings. The lowest BCUT2D eigenvalue weighted by atomic mass is 10.2. The van der Waals surface area contributed by atoms with Gasteiger partial charge in [0.05, 0.1) is 0 Å². The summed E-state index contributed by atoms with van der Waals surface area (Å²) in [5.74, 6) is 0. The average Bonchev–Trinajstić information content (AvgIpc) is 2.30. The summed E-state index contributed by atoms with van der Waals surface area (Å²) in [4.78, 5) is 2.48. The predicted molar refractivity (Wildman–Crippen MR) is 88.7 cm³/mol. The molecule has 0 nitrogen and oxygen atoms in total. The lowest BCUT2D eigenvalue weighted by Crippen LogP contribution is -2.29. The van der Waals surface area contributed by atoms with Gasteiger partial charge >= 0.3 is 0 Å². The second-order valence-electron chi connectivity index (χ2n) is 6.03. The van der Waals surface area contributed by atoms with E-state index >= 15 is 0 Å². The summed E-state index contributed by atoms with van der Waals surface area (Å²) >= 11 is 0. The quantitative estimate of drug-likeness (QED) is 0.653. The van der Waals surface area contributed by atoms with E-state index in [9.17, 15) is 0 Å². The first kappa shape index (κ1) is 14.8. The maximum Gasteiger partial charge on any atom is -0.0133 e. The second kappa shape index (κ2) is 3.89. The molecule has 18 heavy (non-hydrogen) atoms. The fourth-order valence-corrected chi connectivity index (χ4v) is 5.70. The van der Waals surface area contributed by atoms with E-state index in [2.05, 4.69) is 87.6 Å². The molecule has 0 aromatic heterocycles. The van der Waals surface area contributed by atoms with Gasteiger partial charge in [-0.3, -0.25) is 0 Å². The summed E-state index contributed by atoms with van der Waals surface area (Å²) < 4.78 is 0. The Morgan fingerprint density at radius 2 is 1.67 bits per heavy atom. The Bertz CT molecular complexity index is 529. The molecule has 1 aromatic rings. The van der Waals surface area contributed by atoms with Crippen LogP contribution in [0.2, 0.25) is 0 Å². The van der Waals surface area contributed by atoms with Gasteiger partial charge in [-0.2, -0.15) is 0 Å². The topological polar surface area (TPSA) is 0 Å². The van der Waals surface area contributed by atoms with Crippen molar-refractivity contribution in [2.75, 3.05) is 12.5 Å². The summed E-state index contributed by atoms with van der Waals surface area (Å²) in [6, 6.07) is 8.76. The molecule has 0 radical (unpaired) electrons. The predicted octanol–water partition coefficient (Wildman–Crippen LogP) is 5.70. The molecule has 0 aliphatic rings. The minimum Gasteiger partial charge on any atom is -0.212 e. The molecule has 0 bridgehead atoms. The van der Waals surface area contributed by atoms with Gasteiger partial charge < -0.3 is 0 Å². The van der Waals surface area contributed by atoms with Crippen LogP contribution in [0.25, 0.3) is 0 Å². The van der Waals surface area contributed by atoms with Crippen molar-refractivity contribution in [3.63, 3.8) is 0 Å². The van der Waals surface area contributed by atoms with Crippen LogP contribution in [0.3, 0.4) is 0 Å². The van der Waals surface area contributed by atoms with Crippen molar-refractivity contribution in [3.8, 4) is 0 Å². The monoisotopic (exact) mass is 262 g/mol. The minimum absolute atomic E-state index is 1.17. The Hall–Kier alpha value is -1.21. The smallest absolute Gasteiger partial charge is 0.0133 e. The fourth-order valence-electron chi connectivity index (χ4n) is 2.21. The molecular formula is C17H26S. The zero-order valence-electron chi connectivity index (χ0n) is 12.4. The van der Waals surface area contributed by atoms with Crippen LogP contribution in [-0.2, 0) is 0 Å². The molecule has 0 atom stereocenters. The van der Waals surface area contributed by atoms with Crippen molar-refractivity contribution < 1.29 is 0 Å². The van der Waals surface area contributed by atoms with Gasteiger partial charge in [-0.05, 0) is 43.1 Å². The number of hydrogen-bond donors (Lipinski definition) is 0. The number of aryl methyl sites for hydroxylation is 1.